The van der Waals surface area contributed by atoms with Crippen LogP contribution < -0.4 is 9.46 Å². The van der Waals surface area contributed by atoms with Crippen molar-refractivity contribution >= 4 is 16.0 Å². The molecule has 0 radical (unpaired) electrons. The summed E-state index contributed by atoms with van der Waals surface area (Å²) in [7, 11) is -2.49. The molecule has 1 unspecified atom stereocenters. The zero-order valence-corrected chi connectivity index (χ0v) is 13.4. The van der Waals surface area contributed by atoms with E-state index in [0.717, 1.165) is 0 Å². The predicted octanol–water partition coefficient (Wildman–Crippen LogP) is 1.86. The molecule has 2 N–H and O–H groups in total. The van der Waals surface area contributed by atoms with Crippen LogP contribution in [0.5, 0.6) is 5.75 Å². The number of hydrogen-bond donors (Lipinski definition) is 2. The van der Waals surface area contributed by atoms with Gasteiger partial charge in [0.1, 0.15) is 10.6 Å². The Kier molecular flexibility index (Phi) is 5.36. The molecule has 118 valence electrons. The van der Waals surface area contributed by atoms with Crippen molar-refractivity contribution in [2.45, 2.75) is 38.1 Å². The van der Waals surface area contributed by atoms with Crippen LogP contribution in [0.2, 0.25) is 0 Å². The maximum atomic E-state index is 12.5. The fourth-order valence-corrected chi connectivity index (χ4v) is 3.40. The molecule has 0 spiro atoms. The van der Waals surface area contributed by atoms with Crippen molar-refractivity contribution in [3.63, 3.8) is 0 Å². The summed E-state index contributed by atoms with van der Waals surface area (Å²) in [4.78, 5) is 10.9. The number of carbonyl (C=O) groups is 1. The van der Waals surface area contributed by atoms with Gasteiger partial charge in [0.25, 0.3) is 0 Å². The van der Waals surface area contributed by atoms with E-state index in [1.54, 1.807) is 32.9 Å². The van der Waals surface area contributed by atoms with Gasteiger partial charge in [-0.15, -0.1) is 0 Å². The average Bonchev–Trinajstić information content (AvgIpc) is 2.36. The first-order chi connectivity index (χ1) is 9.58. The van der Waals surface area contributed by atoms with Gasteiger partial charge in [-0.05, 0) is 17.5 Å². The molecule has 1 atom stereocenters. The average molecular weight is 315 g/mol. The lowest BCUT2D eigenvalue weighted by Gasteiger charge is -2.30. The highest BCUT2D eigenvalue weighted by Gasteiger charge is 2.32. The minimum atomic E-state index is -3.87. The number of rotatable bonds is 6. The summed E-state index contributed by atoms with van der Waals surface area (Å²) in [5.41, 5.74) is -0.534. The Morgan fingerprint density at radius 2 is 1.90 bits per heavy atom. The van der Waals surface area contributed by atoms with Crippen molar-refractivity contribution in [3.8, 4) is 5.75 Å². The lowest BCUT2D eigenvalue weighted by molar-refractivity contribution is -0.138. The highest BCUT2D eigenvalue weighted by atomic mass is 32.2. The molecule has 7 heteroatoms. The van der Waals surface area contributed by atoms with Gasteiger partial charge < -0.3 is 9.84 Å². The molecule has 6 nitrogen and oxygen atoms in total. The van der Waals surface area contributed by atoms with Crippen LogP contribution >= 0.6 is 0 Å². The second-order valence-corrected chi connectivity index (χ2v) is 7.47. The van der Waals surface area contributed by atoms with E-state index >= 15 is 0 Å². The van der Waals surface area contributed by atoms with Crippen molar-refractivity contribution in [1.29, 1.82) is 0 Å². The van der Waals surface area contributed by atoms with Crippen molar-refractivity contribution < 1.29 is 23.1 Å². The van der Waals surface area contributed by atoms with Crippen molar-refractivity contribution in [1.82, 2.24) is 4.72 Å². The van der Waals surface area contributed by atoms with Crippen LogP contribution in [-0.4, -0.2) is 32.6 Å². The number of carboxylic acid groups (broad SMARTS) is 1. The molecule has 0 heterocycles. The molecule has 0 aromatic heterocycles. The maximum Gasteiger partial charge on any atom is 0.304 e. The molecular weight excluding hydrogens is 294 g/mol. The van der Waals surface area contributed by atoms with Crippen LogP contribution in [0.1, 0.15) is 27.2 Å². The SMILES string of the molecule is COc1ccccc1S(=O)(=O)NC(CC(=O)O)C(C)(C)C. The number of methoxy groups -OCH3 is 1. The Balaban J connectivity index is 3.15. The van der Waals surface area contributed by atoms with Crippen LogP contribution in [0.15, 0.2) is 29.2 Å². The summed E-state index contributed by atoms with van der Waals surface area (Å²) in [6, 6.07) is 5.47. The van der Waals surface area contributed by atoms with Gasteiger partial charge in [0.15, 0.2) is 0 Å². The van der Waals surface area contributed by atoms with Crippen LogP contribution in [0.25, 0.3) is 0 Å². The number of nitrogens with one attached hydrogen (secondary N) is 1. The largest absolute Gasteiger partial charge is 0.495 e. The Morgan fingerprint density at radius 3 is 2.38 bits per heavy atom. The number of aliphatic carboxylic acids is 1. The minimum absolute atomic E-state index is 0.00728. The Labute approximate surface area is 125 Å². The minimum Gasteiger partial charge on any atom is -0.495 e. The summed E-state index contributed by atoms with van der Waals surface area (Å²) in [5.74, 6) is -0.842. The van der Waals surface area contributed by atoms with Crippen molar-refractivity contribution in [2.24, 2.45) is 5.41 Å². The first-order valence-corrected chi connectivity index (χ1v) is 7.93. The number of hydrogen-bond acceptors (Lipinski definition) is 4. The summed E-state index contributed by atoms with van der Waals surface area (Å²) >= 11 is 0. The van der Waals surface area contributed by atoms with Crippen molar-refractivity contribution in [3.05, 3.63) is 24.3 Å². The Morgan fingerprint density at radius 1 is 1.33 bits per heavy atom. The van der Waals surface area contributed by atoms with E-state index in [4.69, 9.17) is 9.84 Å². The molecule has 0 amide bonds. The summed E-state index contributed by atoms with van der Waals surface area (Å²) in [5, 5.41) is 8.96. The maximum absolute atomic E-state index is 12.5. The van der Waals surface area contributed by atoms with E-state index < -0.39 is 27.4 Å². The first kappa shape index (κ1) is 17.5. The van der Waals surface area contributed by atoms with Gasteiger partial charge in [-0.2, -0.15) is 0 Å². The van der Waals surface area contributed by atoms with Gasteiger partial charge in [0.05, 0.1) is 13.5 Å². The van der Waals surface area contributed by atoms with Gasteiger partial charge >= 0.3 is 5.97 Å². The third-order valence-corrected chi connectivity index (χ3v) is 4.59. The number of ether oxygens (including phenoxy) is 1. The van der Waals surface area contributed by atoms with E-state index in [1.807, 2.05) is 0 Å². The third kappa shape index (κ3) is 4.71. The molecule has 0 bridgehead atoms. The lowest BCUT2D eigenvalue weighted by atomic mass is 9.85. The molecule has 0 saturated heterocycles. The number of benzene rings is 1. The van der Waals surface area contributed by atoms with Gasteiger partial charge in [-0.1, -0.05) is 32.9 Å². The van der Waals surface area contributed by atoms with Gasteiger partial charge in [0, 0.05) is 6.04 Å². The van der Waals surface area contributed by atoms with E-state index in [1.165, 1.54) is 19.2 Å². The monoisotopic (exact) mass is 315 g/mol. The van der Waals surface area contributed by atoms with E-state index in [2.05, 4.69) is 4.72 Å². The molecule has 1 aromatic rings. The van der Waals surface area contributed by atoms with Crippen LogP contribution in [0, 0.1) is 5.41 Å². The zero-order chi connectivity index (χ0) is 16.3. The zero-order valence-electron chi connectivity index (χ0n) is 12.6. The van der Waals surface area contributed by atoms with Gasteiger partial charge in [-0.3, -0.25) is 4.79 Å². The molecule has 1 rings (SSSR count). The quantitative estimate of drug-likeness (QED) is 0.836. The topological polar surface area (TPSA) is 92.7 Å². The van der Waals surface area contributed by atoms with Crippen LogP contribution in [0.3, 0.4) is 0 Å². The van der Waals surface area contributed by atoms with Crippen molar-refractivity contribution in [2.75, 3.05) is 7.11 Å². The Bertz CT molecular complexity index is 604. The molecule has 0 fully saturated rings. The highest BCUT2D eigenvalue weighted by Crippen LogP contribution is 2.27. The Hall–Kier alpha value is -1.60. The molecule has 0 aliphatic carbocycles. The second-order valence-electron chi connectivity index (χ2n) is 5.79. The number of para-hydroxylation sites is 1. The fourth-order valence-electron chi connectivity index (χ4n) is 1.79. The van der Waals surface area contributed by atoms with E-state index in [9.17, 15) is 13.2 Å². The number of sulfonamides is 1. The molecule has 0 aliphatic heterocycles. The molecule has 0 aliphatic rings. The molecule has 0 saturated carbocycles. The summed E-state index contributed by atoms with van der Waals surface area (Å²) < 4.78 is 32.4. The molecular formula is C14H21NO5S. The summed E-state index contributed by atoms with van der Waals surface area (Å²) in [6.45, 7) is 5.35. The first-order valence-electron chi connectivity index (χ1n) is 6.45. The smallest absolute Gasteiger partial charge is 0.304 e. The van der Waals surface area contributed by atoms with Crippen LogP contribution in [0.4, 0.5) is 0 Å². The number of carboxylic acids is 1. The lowest BCUT2D eigenvalue weighted by Crippen LogP contribution is -2.45. The molecule has 1 aromatic carbocycles. The fraction of sp³-hybridized carbons (Fsp3) is 0.500. The highest BCUT2D eigenvalue weighted by molar-refractivity contribution is 7.89. The third-order valence-electron chi connectivity index (χ3n) is 3.08. The van der Waals surface area contributed by atoms with E-state index in [-0.39, 0.29) is 17.1 Å². The second kappa shape index (κ2) is 6.44. The van der Waals surface area contributed by atoms with Crippen LogP contribution in [-0.2, 0) is 14.8 Å². The normalized spacial score (nSPS) is 13.7. The molecule has 21 heavy (non-hydrogen) atoms. The van der Waals surface area contributed by atoms with Gasteiger partial charge in [-0.25, -0.2) is 13.1 Å². The standard InChI is InChI=1S/C14H21NO5S/c1-14(2,3)12(9-13(16)17)15-21(18,19)11-8-6-5-7-10(11)20-4/h5-8,12,15H,9H2,1-4H3,(H,16,17). The van der Waals surface area contributed by atoms with Gasteiger partial charge in [0.2, 0.25) is 10.0 Å². The summed E-state index contributed by atoms with van der Waals surface area (Å²) in [6.07, 6.45) is -0.294. The van der Waals surface area contributed by atoms with E-state index in [0.29, 0.717) is 0 Å². The predicted molar refractivity (Wildman–Crippen MR) is 78.8 cm³/mol.